The van der Waals surface area contributed by atoms with Crippen molar-refractivity contribution in [2.75, 3.05) is 14.2 Å². The Morgan fingerprint density at radius 1 is 1.11 bits per heavy atom. The number of aliphatic hydroxyl groups is 1. The Balaban J connectivity index is 1.53. The smallest absolute Gasteiger partial charge is 0.320 e. The van der Waals surface area contributed by atoms with Gasteiger partial charge in [0, 0.05) is 20.0 Å². The molecule has 0 aromatic heterocycles. The van der Waals surface area contributed by atoms with Gasteiger partial charge in [-0.1, -0.05) is 42.5 Å². The molecular formula is C22H26N2O3. The quantitative estimate of drug-likeness (QED) is 0.903. The number of urea groups is 1. The van der Waals surface area contributed by atoms with Crippen molar-refractivity contribution in [1.82, 2.24) is 9.80 Å². The van der Waals surface area contributed by atoms with Crippen LogP contribution >= 0.6 is 0 Å². The van der Waals surface area contributed by atoms with Crippen LogP contribution in [-0.2, 0) is 12.1 Å². The first-order valence-corrected chi connectivity index (χ1v) is 9.46. The van der Waals surface area contributed by atoms with Gasteiger partial charge >= 0.3 is 6.03 Å². The first kappa shape index (κ1) is 17.9. The fourth-order valence-electron chi connectivity index (χ4n) is 4.53. The van der Waals surface area contributed by atoms with Crippen LogP contribution in [0.2, 0.25) is 0 Å². The fraction of sp³-hybridized carbons (Fsp3) is 0.409. The van der Waals surface area contributed by atoms with Gasteiger partial charge < -0.3 is 19.6 Å². The van der Waals surface area contributed by atoms with Crippen molar-refractivity contribution in [3.05, 3.63) is 65.7 Å². The van der Waals surface area contributed by atoms with Gasteiger partial charge in [-0.25, -0.2) is 4.79 Å². The molecule has 3 atom stereocenters. The number of ether oxygens (including phenoxy) is 1. The minimum Gasteiger partial charge on any atom is -0.497 e. The van der Waals surface area contributed by atoms with Crippen LogP contribution in [0.1, 0.15) is 30.4 Å². The number of amides is 2. The largest absolute Gasteiger partial charge is 0.497 e. The number of carbonyl (C=O) groups excluding carboxylic acids is 1. The van der Waals surface area contributed by atoms with Crippen molar-refractivity contribution in [3.63, 3.8) is 0 Å². The van der Waals surface area contributed by atoms with Gasteiger partial charge in [0.1, 0.15) is 5.75 Å². The third-order valence-electron chi connectivity index (χ3n) is 6.11. The maximum atomic E-state index is 12.9. The van der Waals surface area contributed by atoms with E-state index in [0.29, 0.717) is 19.4 Å². The van der Waals surface area contributed by atoms with Gasteiger partial charge in [-0.3, -0.25) is 0 Å². The number of hydrogen-bond acceptors (Lipinski definition) is 3. The Kier molecular flexibility index (Phi) is 4.56. The molecule has 27 heavy (non-hydrogen) atoms. The number of likely N-dealkylation sites (N-methyl/N-ethyl adjacent to an activating group) is 1. The Bertz CT molecular complexity index is 808. The monoisotopic (exact) mass is 366 g/mol. The molecule has 2 amide bonds. The highest BCUT2D eigenvalue weighted by molar-refractivity contribution is 5.78. The van der Waals surface area contributed by atoms with Crippen LogP contribution in [0.3, 0.4) is 0 Å². The van der Waals surface area contributed by atoms with Crippen LogP contribution < -0.4 is 4.74 Å². The highest BCUT2D eigenvalue weighted by atomic mass is 16.5. The summed E-state index contributed by atoms with van der Waals surface area (Å²) in [7, 11) is 3.50. The summed E-state index contributed by atoms with van der Waals surface area (Å²) >= 11 is 0. The number of fused-ring (bicyclic) bond motifs is 1. The summed E-state index contributed by atoms with van der Waals surface area (Å²) < 4.78 is 5.21. The first-order chi connectivity index (χ1) is 13.0. The predicted molar refractivity (Wildman–Crippen MR) is 103 cm³/mol. The molecule has 0 bridgehead atoms. The Morgan fingerprint density at radius 3 is 2.48 bits per heavy atom. The van der Waals surface area contributed by atoms with Gasteiger partial charge in [0.05, 0.1) is 24.8 Å². The van der Waals surface area contributed by atoms with E-state index in [1.54, 1.807) is 12.0 Å². The molecule has 2 fully saturated rings. The number of hydrogen-bond donors (Lipinski definition) is 1. The molecule has 1 saturated carbocycles. The van der Waals surface area contributed by atoms with E-state index in [-0.39, 0.29) is 18.1 Å². The summed E-state index contributed by atoms with van der Waals surface area (Å²) in [5.41, 5.74) is 1.16. The van der Waals surface area contributed by atoms with Gasteiger partial charge in [-0.2, -0.15) is 0 Å². The number of nitrogens with zero attached hydrogens (tertiary/aromatic N) is 2. The van der Waals surface area contributed by atoms with E-state index < -0.39 is 5.60 Å². The minimum absolute atomic E-state index is 0.0229. The average molecular weight is 366 g/mol. The predicted octanol–water partition coefficient (Wildman–Crippen LogP) is 3.37. The molecule has 0 spiro atoms. The number of carbonyl (C=O) groups is 1. The molecule has 2 aromatic carbocycles. The average Bonchev–Trinajstić information content (AvgIpc) is 2.93. The van der Waals surface area contributed by atoms with Crippen LogP contribution in [0.25, 0.3) is 0 Å². The lowest BCUT2D eigenvalue weighted by molar-refractivity contribution is -0.0323. The molecular weight excluding hydrogens is 340 g/mol. The van der Waals surface area contributed by atoms with E-state index in [9.17, 15) is 9.90 Å². The normalized spacial score (nSPS) is 27.6. The standard InChI is InChI=1S/C22H26N2O3/c1-23-20-14-22(26,17-6-4-3-5-7-17)13-12-19(20)24(21(23)25)15-16-8-10-18(27-2)11-9-16/h3-11,19-20,26H,12-15H2,1-2H3/t19-,20-,22?/m0/s1. The van der Waals surface area contributed by atoms with E-state index in [0.717, 1.165) is 23.3 Å². The second-order valence-electron chi connectivity index (χ2n) is 7.64. The highest BCUT2D eigenvalue weighted by Gasteiger charge is 2.51. The second-order valence-corrected chi connectivity index (χ2v) is 7.64. The topological polar surface area (TPSA) is 53.0 Å². The second kappa shape index (κ2) is 6.89. The zero-order valence-electron chi connectivity index (χ0n) is 15.8. The van der Waals surface area contributed by atoms with Crippen molar-refractivity contribution >= 4 is 6.03 Å². The Labute approximate surface area is 160 Å². The SMILES string of the molecule is COc1ccc(CN2C(=O)N(C)[C@H]3CC(O)(c4ccccc4)CC[C@@H]32)cc1. The molecule has 1 saturated heterocycles. The maximum Gasteiger partial charge on any atom is 0.320 e. The molecule has 1 aliphatic carbocycles. The molecule has 2 aromatic rings. The zero-order chi connectivity index (χ0) is 19.0. The van der Waals surface area contributed by atoms with E-state index >= 15 is 0 Å². The third kappa shape index (κ3) is 3.16. The van der Waals surface area contributed by atoms with E-state index in [2.05, 4.69) is 0 Å². The molecule has 5 nitrogen and oxygen atoms in total. The van der Waals surface area contributed by atoms with E-state index in [1.807, 2.05) is 66.5 Å². The lowest BCUT2D eigenvalue weighted by Gasteiger charge is -2.41. The summed E-state index contributed by atoms with van der Waals surface area (Å²) in [5.74, 6) is 0.812. The van der Waals surface area contributed by atoms with Crippen LogP contribution in [0, 0.1) is 0 Å². The molecule has 2 aliphatic rings. The van der Waals surface area contributed by atoms with Gasteiger partial charge in [-0.05, 0) is 36.1 Å². The summed E-state index contributed by atoms with van der Waals surface area (Å²) in [5, 5.41) is 11.3. The molecule has 1 aliphatic heterocycles. The summed E-state index contributed by atoms with van der Waals surface area (Å²) in [6.45, 7) is 0.581. The van der Waals surface area contributed by atoms with Gasteiger partial charge in [0.15, 0.2) is 0 Å². The number of methoxy groups -OCH3 is 1. The molecule has 5 heteroatoms. The third-order valence-corrected chi connectivity index (χ3v) is 6.11. The van der Waals surface area contributed by atoms with Crippen LogP contribution in [0.4, 0.5) is 4.79 Å². The fourth-order valence-corrected chi connectivity index (χ4v) is 4.53. The van der Waals surface area contributed by atoms with E-state index in [4.69, 9.17) is 4.74 Å². The molecule has 1 unspecified atom stereocenters. The zero-order valence-corrected chi connectivity index (χ0v) is 15.8. The van der Waals surface area contributed by atoms with Gasteiger partial charge in [0.25, 0.3) is 0 Å². The number of benzene rings is 2. The Morgan fingerprint density at radius 2 is 1.81 bits per heavy atom. The lowest BCUT2D eigenvalue weighted by Crippen LogP contribution is -2.47. The molecule has 1 N–H and O–H groups in total. The number of rotatable bonds is 4. The molecule has 0 radical (unpaired) electrons. The lowest BCUT2D eigenvalue weighted by atomic mass is 9.75. The summed E-state index contributed by atoms with van der Waals surface area (Å²) in [6.07, 6.45) is 2.03. The minimum atomic E-state index is -0.868. The molecule has 142 valence electrons. The van der Waals surface area contributed by atoms with Crippen molar-refractivity contribution in [2.45, 2.75) is 43.5 Å². The summed E-state index contributed by atoms with van der Waals surface area (Å²) in [4.78, 5) is 16.7. The first-order valence-electron chi connectivity index (χ1n) is 9.46. The maximum absolute atomic E-state index is 12.9. The van der Waals surface area contributed by atoms with Gasteiger partial charge in [-0.15, -0.1) is 0 Å². The van der Waals surface area contributed by atoms with Crippen molar-refractivity contribution < 1.29 is 14.6 Å². The molecule has 1 heterocycles. The molecule has 4 rings (SSSR count). The van der Waals surface area contributed by atoms with Crippen LogP contribution in [-0.4, -0.2) is 47.2 Å². The van der Waals surface area contributed by atoms with Gasteiger partial charge in [0.2, 0.25) is 0 Å². The van der Waals surface area contributed by atoms with Crippen molar-refractivity contribution in [1.29, 1.82) is 0 Å². The summed E-state index contributed by atoms with van der Waals surface area (Å²) in [6, 6.07) is 17.9. The van der Waals surface area contributed by atoms with Crippen molar-refractivity contribution in [3.8, 4) is 5.75 Å². The van der Waals surface area contributed by atoms with Crippen LogP contribution in [0.5, 0.6) is 5.75 Å². The van der Waals surface area contributed by atoms with E-state index in [1.165, 1.54) is 0 Å². The van der Waals surface area contributed by atoms with Crippen molar-refractivity contribution in [2.24, 2.45) is 0 Å². The van der Waals surface area contributed by atoms with Crippen LogP contribution in [0.15, 0.2) is 54.6 Å². The Hall–Kier alpha value is -2.53. The highest BCUT2D eigenvalue weighted by Crippen LogP contribution is 2.43.